The molecule has 2 heterocycles. The van der Waals surface area contributed by atoms with Gasteiger partial charge < -0.3 is 20.6 Å². The Hall–Kier alpha value is -1.16. The SMILES string of the molecule is CN=C(NCC1(O)CCC1)NC1CCCN(c2ncccn2)C1.I. The zero-order chi connectivity index (χ0) is 16.1. The fraction of sp³-hybridized carbons (Fsp3) is 0.688. The van der Waals surface area contributed by atoms with Crippen LogP contribution < -0.4 is 15.5 Å². The maximum absolute atomic E-state index is 10.2. The number of aliphatic hydroxyl groups is 1. The Morgan fingerprint density at radius 3 is 2.75 bits per heavy atom. The summed E-state index contributed by atoms with van der Waals surface area (Å²) in [7, 11) is 1.76. The van der Waals surface area contributed by atoms with E-state index in [0.717, 1.165) is 57.1 Å². The Balaban J connectivity index is 0.00000208. The molecular formula is C16H27IN6O. The lowest BCUT2D eigenvalue weighted by atomic mass is 9.80. The van der Waals surface area contributed by atoms with Crippen LogP contribution in [0.3, 0.4) is 0 Å². The summed E-state index contributed by atoms with van der Waals surface area (Å²) in [6, 6.07) is 2.13. The van der Waals surface area contributed by atoms with Gasteiger partial charge in [-0.05, 0) is 38.2 Å². The number of rotatable bonds is 4. The van der Waals surface area contributed by atoms with Crippen LogP contribution >= 0.6 is 24.0 Å². The average molecular weight is 446 g/mol. The van der Waals surface area contributed by atoms with Crippen molar-refractivity contribution in [2.45, 2.75) is 43.7 Å². The highest BCUT2D eigenvalue weighted by Crippen LogP contribution is 2.30. The van der Waals surface area contributed by atoms with Gasteiger partial charge in [0.25, 0.3) is 0 Å². The molecule has 24 heavy (non-hydrogen) atoms. The largest absolute Gasteiger partial charge is 0.388 e. The molecule has 1 atom stereocenters. The van der Waals surface area contributed by atoms with E-state index in [4.69, 9.17) is 0 Å². The molecule has 0 bridgehead atoms. The smallest absolute Gasteiger partial charge is 0.225 e. The Labute approximate surface area is 160 Å². The molecule has 1 unspecified atom stereocenters. The summed E-state index contributed by atoms with van der Waals surface area (Å²) in [5, 5.41) is 16.9. The van der Waals surface area contributed by atoms with Crippen molar-refractivity contribution in [3.8, 4) is 0 Å². The van der Waals surface area contributed by atoms with Crippen LogP contribution in [0.25, 0.3) is 0 Å². The van der Waals surface area contributed by atoms with Crippen LogP contribution in [-0.2, 0) is 0 Å². The monoisotopic (exact) mass is 446 g/mol. The standard InChI is InChI=1S/C16H26N6O.HI/c1-17-14(20-12-16(23)6-3-7-16)21-13-5-2-10-22(11-13)15-18-8-4-9-19-15;/h4,8-9,13,23H,2-3,5-7,10-12H2,1H3,(H2,17,20,21);1H. The van der Waals surface area contributed by atoms with E-state index in [9.17, 15) is 5.11 Å². The third-order valence-electron chi connectivity index (χ3n) is 4.69. The van der Waals surface area contributed by atoms with Crippen LogP contribution in [0, 0.1) is 0 Å². The molecule has 1 saturated carbocycles. The fourth-order valence-corrected chi connectivity index (χ4v) is 3.13. The van der Waals surface area contributed by atoms with Gasteiger partial charge in [0.1, 0.15) is 0 Å². The summed E-state index contributed by atoms with van der Waals surface area (Å²) in [6.07, 6.45) is 8.60. The number of piperidine rings is 1. The summed E-state index contributed by atoms with van der Waals surface area (Å²) < 4.78 is 0. The molecule has 2 fully saturated rings. The molecule has 1 saturated heterocycles. The molecule has 3 N–H and O–H groups in total. The predicted molar refractivity (Wildman–Crippen MR) is 106 cm³/mol. The first-order valence-corrected chi connectivity index (χ1v) is 8.40. The van der Waals surface area contributed by atoms with Gasteiger partial charge in [-0.1, -0.05) is 0 Å². The highest BCUT2D eigenvalue weighted by atomic mass is 127. The second-order valence-corrected chi connectivity index (χ2v) is 6.48. The lowest BCUT2D eigenvalue weighted by Gasteiger charge is -2.38. The van der Waals surface area contributed by atoms with Crippen molar-refractivity contribution < 1.29 is 5.11 Å². The van der Waals surface area contributed by atoms with Crippen LogP contribution in [0.5, 0.6) is 0 Å². The van der Waals surface area contributed by atoms with Gasteiger partial charge in [0.05, 0.1) is 5.60 Å². The molecule has 1 aliphatic carbocycles. The molecule has 7 nitrogen and oxygen atoms in total. The maximum Gasteiger partial charge on any atom is 0.225 e. The van der Waals surface area contributed by atoms with Crippen LogP contribution in [0.2, 0.25) is 0 Å². The molecule has 0 amide bonds. The third-order valence-corrected chi connectivity index (χ3v) is 4.69. The maximum atomic E-state index is 10.2. The van der Waals surface area contributed by atoms with Crippen molar-refractivity contribution in [1.82, 2.24) is 20.6 Å². The molecule has 1 aromatic rings. The van der Waals surface area contributed by atoms with E-state index in [0.29, 0.717) is 12.6 Å². The van der Waals surface area contributed by atoms with Crippen LogP contribution in [0.1, 0.15) is 32.1 Å². The Morgan fingerprint density at radius 2 is 2.12 bits per heavy atom. The van der Waals surface area contributed by atoms with E-state index in [1.807, 2.05) is 6.07 Å². The van der Waals surface area contributed by atoms with Gasteiger partial charge in [-0.3, -0.25) is 4.99 Å². The van der Waals surface area contributed by atoms with E-state index >= 15 is 0 Å². The highest BCUT2D eigenvalue weighted by Gasteiger charge is 2.34. The molecule has 0 radical (unpaired) electrons. The van der Waals surface area contributed by atoms with Gasteiger partial charge in [0, 0.05) is 45.1 Å². The molecule has 0 spiro atoms. The van der Waals surface area contributed by atoms with E-state index in [2.05, 4.69) is 30.5 Å². The number of anilines is 1. The second-order valence-electron chi connectivity index (χ2n) is 6.48. The Morgan fingerprint density at radius 1 is 1.38 bits per heavy atom. The van der Waals surface area contributed by atoms with Crippen LogP contribution in [-0.4, -0.2) is 59.4 Å². The van der Waals surface area contributed by atoms with E-state index < -0.39 is 5.60 Å². The first kappa shape index (κ1) is 19.2. The summed E-state index contributed by atoms with van der Waals surface area (Å²) >= 11 is 0. The van der Waals surface area contributed by atoms with Crippen molar-refractivity contribution in [2.75, 3.05) is 31.6 Å². The fourth-order valence-electron chi connectivity index (χ4n) is 3.13. The van der Waals surface area contributed by atoms with Gasteiger partial charge in [-0.2, -0.15) is 0 Å². The van der Waals surface area contributed by atoms with Crippen molar-refractivity contribution in [3.05, 3.63) is 18.5 Å². The highest BCUT2D eigenvalue weighted by molar-refractivity contribution is 14.0. The molecule has 1 aliphatic heterocycles. The lowest BCUT2D eigenvalue weighted by molar-refractivity contribution is -0.0279. The number of aromatic nitrogens is 2. The molecule has 8 heteroatoms. The minimum absolute atomic E-state index is 0. The number of guanidine groups is 1. The van der Waals surface area contributed by atoms with Gasteiger partial charge >= 0.3 is 0 Å². The quantitative estimate of drug-likeness (QED) is 0.366. The summed E-state index contributed by atoms with van der Waals surface area (Å²) in [6.45, 7) is 2.40. The first-order chi connectivity index (χ1) is 11.2. The van der Waals surface area contributed by atoms with Crippen LogP contribution in [0.15, 0.2) is 23.5 Å². The van der Waals surface area contributed by atoms with Crippen molar-refractivity contribution in [2.24, 2.45) is 4.99 Å². The normalized spacial score (nSPS) is 23.0. The number of hydrogen-bond donors (Lipinski definition) is 3. The zero-order valence-corrected chi connectivity index (χ0v) is 16.4. The van der Waals surface area contributed by atoms with E-state index in [1.54, 1.807) is 19.4 Å². The number of nitrogens with one attached hydrogen (secondary N) is 2. The zero-order valence-electron chi connectivity index (χ0n) is 14.1. The van der Waals surface area contributed by atoms with Crippen molar-refractivity contribution in [3.63, 3.8) is 0 Å². The minimum Gasteiger partial charge on any atom is -0.388 e. The van der Waals surface area contributed by atoms with Gasteiger partial charge in [-0.25, -0.2) is 9.97 Å². The second kappa shape index (κ2) is 8.80. The lowest BCUT2D eigenvalue weighted by Crippen LogP contribution is -2.55. The summed E-state index contributed by atoms with van der Waals surface area (Å²) in [5.74, 6) is 1.54. The van der Waals surface area contributed by atoms with Crippen molar-refractivity contribution >= 4 is 35.9 Å². The van der Waals surface area contributed by atoms with Crippen LogP contribution in [0.4, 0.5) is 5.95 Å². The molecule has 1 aromatic heterocycles. The van der Waals surface area contributed by atoms with Gasteiger partial charge in [0.2, 0.25) is 5.95 Å². The van der Waals surface area contributed by atoms with E-state index in [1.165, 1.54) is 0 Å². The Kier molecular flexibility index (Phi) is 7.02. The van der Waals surface area contributed by atoms with Gasteiger partial charge in [-0.15, -0.1) is 24.0 Å². The predicted octanol–water partition coefficient (Wildman–Crippen LogP) is 1.14. The molecule has 2 aliphatic rings. The molecular weight excluding hydrogens is 419 g/mol. The molecule has 3 rings (SSSR count). The third kappa shape index (κ3) is 4.92. The number of aliphatic imine (C=N–C) groups is 1. The Bertz CT molecular complexity index is 537. The number of halogens is 1. The minimum atomic E-state index is -0.548. The first-order valence-electron chi connectivity index (χ1n) is 8.40. The number of hydrogen-bond acceptors (Lipinski definition) is 5. The topological polar surface area (TPSA) is 85.7 Å². The molecule has 134 valence electrons. The van der Waals surface area contributed by atoms with Gasteiger partial charge in [0.15, 0.2) is 5.96 Å². The number of nitrogens with zero attached hydrogens (tertiary/aromatic N) is 4. The van der Waals surface area contributed by atoms with Crippen molar-refractivity contribution in [1.29, 1.82) is 0 Å². The summed E-state index contributed by atoms with van der Waals surface area (Å²) in [4.78, 5) is 15.1. The molecule has 0 aromatic carbocycles. The van der Waals surface area contributed by atoms with E-state index in [-0.39, 0.29) is 24.0 Å². The average Bonchev–Trinajstić information content (AvgIpc) is 2.58. The summed E-state index contributed by atoms with van der Waals surface area (Å²) in [5.41, 5.74) is -0.548.